The molecular weight excluding hydrogens is 320 g/mol. The lowest BCUT2D eigenvalue weighted by atomic mass is 10.0. The summed E-state index contributed by atoms with van der Waals surface area (Å²) in [6.45, 7) is 1.00. The Morgan fingerprint density at radius 3 is 2.95 bits per heavy atom. The van der Waals surface area contributed by atoms with Crippen LogP contribution in [0.4, 0.5) is 0 Å². The number of methoxy groups -OCH3 is 1. The highest BCUT2D eigenvalue weighted by molar-refractivity contribution is 7.99. The first-order chi connectivity index (χ1) is 10.2. The largest absolute Gasteiger partial charge is 0.497 e. The molecule has 3 rings (SSSR count). The molecule has 122 valence electrons. The van der Waals surface area contributed by atoms with Gasteiger partial charge in [-0.05, 0) is 30.5 Å². The average Bonchev–Trinajstić information content (AvgIpc) is 3.29. The molecule has 2 fully saturated rings. The third-order valence-corrected chi connectivity index (χ3v) is 5.31. The summed E-state index contributed by atoms with van der Waals surface area (Å²) in [4.78, 5) is 12.3. The summed E-state index contributed by atoms with van der Waals surface area (Å²) >= 11 is 1.92. The van der Waals surface area contributed by atoms with Gasteiger partial charge in [0, 0.05) is 30.5 Å². The predicted molar refractivity (Wildman–Crippen MR) is 93.0 cm³/mol. The Labute approximate surface area is 142 Å². The Bertz CT molecular complexity index is 517. The number of ether oxygens (including phenoxy) is 1. The van der Waals surface area contributed by atoms with E-state index < -0.39 is 0 Å². The van der Waals surface area contributed by atoms with Crippen LogP contribution in [-0.4, -0.2) is 37.1 Å². The van der Waals surface area contributed by atoms with Gasteiger partial charge in [0.1, 0.15) is 5.75 Å². The average molecular weight is 343 g/mol. The van der Waals surface area contributed by atoms with Crippen molar-refractivity contribution in [3.63, 3.8) is 0 Å². The van der Waals surface area contributed by atoms with Crippen LogP contribution in [0.25, 0.3) is 0 Å². The smallest absolute Gasteiger partial charge is 0.222 e. The third-order valence-electron chi connectivity index (χ3n) is 4.18. The molecule has 1 atom stereocenters. The molecule has 22 heavy (non-hydrogen) atoms. The monoisotopic (exact) mass is 342 g/mol. The molecule has 2 aliphatic rings. The molecular formula is C16H23ClN2O2S. The molecule has 1 unspecified atom stereocenters. The first kappa shape index (κ1) is 17.4. The van der Waals surface area contributed by atoms with Gasteiger partial charge in [0.2, 0.25) is 5.91 Å². The SMILES string of the molecule is COc1cccc(C2(NC(=O)CC3CSCCN3)CC2)c1.Cl. The molecule has 1 heterocycles. The molecule has 2 N–H and O–H groups in total. The fourth-order valence-corrected chi connectivity index (χ4v) is 3.77. The predicted octanol–water partition coefficient (Wildman–Crippen LogP) is 2.32. The zero-order chi connectivity index (χ0) is 14.7. The van der Waals surface area contributed by atoms with Gasteiger partial charge in [0.05, 0.1) is 12.6 Å². The molecule has 6 heteroatoms. The number of halogens is 1. The van der Waals surface area contributed by atoms with Crippen LogP contribution >= 0.6 is 24.2 Å². The fraction of sp³-hybridized carbons (Fsp3) is 0.562. The quantitative estimate of drug-likeness (QED) is 0.862. The van der Waals surface area contributed by atoms with Gasteiger partial charge in [-0.15, -0.1) is 12.4 Å². The van der Waals surface area contributed by atoms with Crippen LogP contribution in [0.3, 0.4) is 0 Å². The van der Waals surface area contributed by atoms with E-state index in [-0.39, 0.29) is 23.9 Å². The van der Waals surface area contributed by atoms with Gasteiger partial charge in [0.15, 0.2) is 0 Å². The summed E-state index contributed by atoms with van der Waals surface area (Å²) in [6.07, 6.45) is 2.59. The van der Waals surface area contributed by atoms with E-state index in [2.05, 4.69) is 16.7 Å². The van der Waals surface area contributed by atoms with E-state index >= 15 is 0 Å². The van der Waals surface area contributed by atoms with Crippen molar-refractivity contribution >= 4 is 30.1 Å². The lowest BCUT2D eigenvalue weighted by molar-refractivity contribution is -0.122. The summed E-state index contributed by atoms with van der Waals surface area (Å²) < 4.78 is 5.28. The van der Waals surface area contributed by atoms with Crippen molar-refractivity contribution in [3.8, 4) is 5.75 Å². The zero-order valence-corrected chi connectivity index (χ0v) is 14.4. The Morgan fingerprint density at radius 1 is 1.50 bits per heavy atom. The molecule has 1 amide bonds. The van der Waals surface area contributed by atoms with Crippen LogP contribution < -0.4 is 15.4 Å². The number of hydrogen-bond acceptors (Lipinski definition) is 4. The highest BCUT2D eigenvalue weighted by atomic mass is 35.5. The fourth-order valence-electron chi connectivity index (χ4n) is 2.82. The number of nitrogens with one attached hydrogen (secondary N) is 2. The maximum atomic E-state index is 12.3. The number of rotatable bonds is 5. The van der Waals surface area contributed by atoms with E-state index in [0.717, 1.165) is 42.2 Å². The third kappa shape index (κ3) is 4.09. The minimum absolute atomic E-state index is 0. The van der Waals surface area contributed by atoms with Crippen molar-refractivity contribution in [2.45, 2.75) is 30.8 Å². The molecule has 1 aromatic rings. The summed E-state index contributed by atoms with van der Waals surface area (Å²) in [6, 6.07) is 8.33. The van der Waals surface area contributed by atoms with Crippen LogP contribution in [-0.2, 0) is 10.3 Å². The molecule has 1 aliphatic carbocycles. The molecule has 0 bridgehead atoms. The second-order valence-corrected chi connectivity index (χ2v) is 6.94. The van der Waals surface area contributed by atoms with E-state index in [1.165, 1.54) is 0 Å². The second kappa shape index (κ2) is 7.57. The maximum absolute atomic E-state index is 12.3. The molecule has 0 aromatic heterocycles. The van der Waals surface area contributed by atoms with Crippen LogP contribution in [0.5, 0.6) is 5.75 Å². The van der Waals surface area contributed by atoms with Gasteiger partial charge in [-0.25, -0.2) is 0 Å². The lowest BCUT2D eigenvalue weighted by Gasteiger charge is -2.24. The summed E-state index contributed by atoms with van der Waals surface area (Å²) in [5, 5.41) is 6.65. The van der Waals surface area contributed by atoms with Gasteiger partial charge < -0.3 is 15.4 Å². The lowest BCUT2D eigenvalue weighted by Crippen LogP contribution is -2.43. The van der Waals surface area contributed by atoms with Crippen LogP contribution in [0.1, 0.15) is 24.8 Å². The minimum atomic E-state index is -0.159. The van der Waals surface area contributed by atoms with Gasteiger partial charge >= 0.3 is 0 Å². The van der Waals surface area contributed by atoms with Crippen molar-refractivity contribution in [3.05, 3.63) is 29.8 Å². The van der Waals surface area contributed by atoms with E-state index in [1.807, 2.05) is 30.0 Å². The minimum Gasteiger partial charge on any atom is -0.497 e. The van der Waals surface area contributed by atoms with Crippen molar-refractivity contribution in [1.82, 2.24) is 10.6 Å². The van der Waals surface area contributed by atoms with Crippen molar-refractivity contribution in [2.24, 2.45) is 0 Å². The van der Waals surface area contributed by atoms with E-state index in [9.17, 15) is 4.79 Å². The Kier molecular flexibility index (Phi) is 6.01. The molecule has 1 saturated carbocycles. The number of amides is 1. The summed E-state index contributed by atoms with van der Waals surface area (Å²) in [5.41, 5.74) is 0.995. The van der Waals surface area contributed by atoms with E-state index in [4.69, 9.17) is 4.74 Å². The normalized spacial score (nSPS) is 22.3. The highest BCUT2D eigenvalue weighted by Gasteiger charge is 2.45. The molecule has 1 aliphatic heterocycles. The van der Waals surface area contributed by atoms with Crippen molar-refractivity contribution in [2.75, 3.05) is 25.2 Å². The Balaban J connectivity index is 0.00000176. The molecule has 1 aromatic carbocycles. The van der Waals surface area contributed by atoms with Gasteiger partial charge in [-0.2, -0.15) is 11.8 Å². The topological polar surface area (TPSA) is 50.4 Å². The number of thioether (sulfide) groups is 1. The van der Waals surface area contributed by atoms with Gasteiger partial charge in [-0.1, -0.05) is 12.1 Å². The standard InChI is InChI=1S/C16H22N2O2S.ClH/c1-20-14-4-2-3-12(9-14)16(5-6-16)18-15(19)10-13-11-21-8-7-17-13;/h2-4,9,13,17H,5-8,10-11H2,1H3,(H,18,19);1H. The summed E-state index contributed by atoms with van der Waals surface area (Å²) in [5.74, 6) is 3.17. The maximum Gasteiger partial charge on any atom is 0.222 e. The van der Waals surface area contributed by atoms with Crippen molar-refractivity contribution < 1.29 is 9.53 Å². The number of carbonyl (C=O) groups excluding carboxylic acids is 1. The molecule has 0 radical (unpaired) electrons. The first-order valence-corrected chi connectivity index (χ1v) is 8.64. The van der Waals surface area contributed by atoms with Crippen LogP contribution in [0.15, 0.2) is 24.3 Å². The van der Waals surface area contributed by atoms with E-state index in [0.29, 0.717) is 12.5 Å². The number of carbonyl (C=O) groups is 1. The van der Waals surface area contributed by atoms with Crippen LogP contribution in [0, 0.1) is 0 Å². The number of hydrogen-bond donors (Lipinski definition) is 2. The van der Waals surface area contributed by atoms with Gasteiger partial charge in [0.25, 0.3) is 0 Å². The molecule has 1 saturated heterocycles. The zero-order valence-electron chi connectivity index (χ0n) is 12.8. The van der Waals surface area contributed by atoms with E-state index in [1.54, 1.807) is 7.11 Å². The van der Waals surface area contributed by atoms with Gasteiger partial charge in [-0.3, -0.25) is 4.79 Å². The van der Waals surface area contributed by atoms with Crippen LogP contribution in [0.2, 0.25) is 0 Å². The molecule has 4 nitrogen and oxygen atoms in total. The highest BCUT2D eigenvalue weighted by Crippen LogP contribution is 2.46. The summed E-state index contributed by atoms with van der Waals surface area (Å²) in [7, 11) is 1.67. The number of benzene rings is 1. The Hall–Kier alpha value is -0.910. The first-order valence-electron chi connectivity index (χ1n) is 7.48. The second-order valence-electron chi connectivity index (χ2n) is 5.79. The Morgan fingerprint density at radius 2 is 2.32 bits per heavy atom. The molecule has 0 spiro atoms. The van der Waals surface area contributed by atoms with Crippen molar-refractivity contribution in [1.29, 1.82) is 0 Å².